The first-order valence-corrected chi connectivity index (χ1v) is 9.22. The van der Waals surface area contributed by atoms with E-state index in [1.165, 1.54) is 24.1 Å². The molecule has 0 unspecified atom stereocenters. The first kappa shape index (κ1) is 21.1. The van der Waals surface area contributed by atoms with Gasteiger partial charge in [-0.15, -0.1) is 35.3 Å². The molecule has 1 saturated carbocycles. The van der Waals surface area contributed by atoms with Crippen LogP contribution in [-0.4, -0.2) is 36.0 Å². The van der Waals surface area contributed by atoms with Gasteiger partial charge in [-0.2, -0.15) is 0 Å². The van der Waals surface area contributed by atoms with Crippen LogP contribution >= 0.6 is 35.3 Å². The van der Waals surface area contributed by atoms with Gasteiger partial charge in [-0.25, -0.2) is 9.98 Å². The molecule has 3 N–H and O–H groups in total. The van der Waals surface area contributed by atoms with Gasteiger partial charge in [0.1, 0.15) is 11.6 Å². The van der Waals surface area contributed by atoms with Crippen molar-refractivity contribution in [3.8, 4) is 0 Å². The maximum absolute atomic E-state index is 12.0. The van der Waals surface area contributed by atoms with Gasteiger partial charge >= 0.3 is 0 Å². The Bertz CT molecular complexity index is 528. The summed E-state index contributed by atoms with van der Waals surface area (Å²) in [5, 5.41) is 10.5. The number of carbonyl (C=O) groups is 1. The Morgan fingerprint density at radius 3 is 2.71 bits per heavy atom. The lowest BCUT2D eigenvalue weighted by Crippen LogP contribution is -2.40. The number of guanidine groups is 1. The quantitative estimate of drug-likeness (QED) is 0.343. The van der Waals surface area contributed by atoms with E-state index in [2.05, 4.69) is 25.9 Å². The highest BCUT2D eigenvalue weighted by molar-refractivity contribution is 14.0. The molecule has 0 bridgehead atoms. The van der Waals surface area contributed by atoms with Crippen molar-refractivity contribution in [3.63, 3.8) is 0 Å². The lowest BCUT2D eigenvalue weighted by Gasteiger charge is -2.22. The van der Waals surface area contributed by atoms with E-state index in [-0.39, 0.29) is 36.4 Å². The predicted molar refractivity (Wildman–Crippen MR) is 110 cm³/mol. The third-order valence-electron chi connectivity index (χ3n) is 3.77. The largest absolute Gasteiger partial charge is 0.357 e. The number of nitrogens with one attached hydrogen (secondary N) is 3. The van der Waals surface area contributed by atoms with E-state index in [0.29, 0.717) is 18.5 Å². The highest BCUT2D eigenvalue weighted by Gasteiger charge is 2.15. The van der Waals surface area contributed by atoms with Gasteiger partial charge in [-0.3, -0.25) is 4.79 Å². The topological polar surface area (TPSA) is 78.4 Å². The Morgan fingerprint density at radius 1 is 1.33 bits per heavy atom. The van der Waals surface area contributed by atoms with Crippen LogP contribution in [0.15, 0.2) is 11.2 Å². The molecule has 0 radical (unpaired) electrons. The molecule has 0 atom stereocenters. The summed E-state index contributed by atoms with van der Waals surface area (Å²) in [6.45, 7) is 5.58. The molecule has 1 fully saturated rings. The molecule has 0 saturated heterocycles. The van der Waals surface area contributed by atoms with E-state index >= 15 is 0 Å². The number of aromatic nitrogens is 1. The van der Waals surface area contributed by atoms with Gasteiger partial charge in [0.25, 0.3) is 0 Å². The summed E-state index contributed by atoms with van der Waals surface area (Å²) in [7, 11) is 0. The number of carbonyl (C=O) groups excluding carboxylic acids is 1. The van der Waals surface area contributed by atoms with Gasteiger partial charge in [0.15, 0.2) is 5.96 Å². The van der Waals surface area contributed by atoms with Gasteiger partial charge in [0.05, 0.1) is 6.54 Å². The minimum atomic E-state index is -0.000744. The molecule has 1 aromatic heterocycles. The van der Waals surface area contributed by atoms with E-state index in [0.717, 1.165) is 24.4 Å². The minimum Gasteiger partial charge on any atom is -0.357 e. The Kier molecular flexibility index (Phi) is 10.2. The van der Waals surface area contributed by atoms with Crippen LogP contribution in [0.2, 0.25) is 0 Å². The van der Waals surface area contributed by atoms with Crippen molar-refractivity contribution < 1.29 is 4.79 Å². The SMILES string of the molecule is CCNC(=NCC(=O)NC1CCCCC1)NCc1ncc(C)s1.I. The van der Waals surface area contributed by atoms with Crippen LogP contribution in [0.3, 0.4) is 0 Å². The second-order valence-corrected chi connectivity index (χ2v) is 7.14. The monoisotopic (exact) mass is 465 g/mol. The number of aryl methyl sites for hydroxylation is 1. The van der Waals surface area contributed by atoms with Crippen LogP contribution in [0.1, 0.15) is 48.9 Å². The fourth-order valence-electron chi connectivity index (χ4n) is 2.66. The molecule has 8 heteroatoms. The van der Waals surface area contributed by atoms with Gasteiger partial charge < -0.3 is 16.0 Å². The van der Waals surface area contributed by atoms with Crippen molar-refractivity contribution >= 4 is 47.2 Å². The smallest absolute Gasteiger partial charge is 0.242 e. The van der Waals surface area contributed by atoms with E-state index in [1.807, 2.05) is 20.0 Å². The number of hydrogen-bond acceptors (Lipinski definition) is 4. The summed E-state index contributed by atoms with van der Waals surface area (Å²) in [6.07, 6.45) is 7.77. The van der Waals surface area contributed by atoms with E-state index in [1.54, 1.807) is 11.3 Å². The van der Waals surface area contributed by atoms with Crippen LogP contribution in [-0.2, 0) is 11.3 Å². The molecule has 1 aromatic rings. The molecule has 0 spiro atoms. The van der Waals surface area contributed by atoms with Crippen molar-refractivity contribution in [2.45, 2.75) is 58.5 Å². The van der Waals surface area contributed by atoms with Crippen LogP contribution in [0, 0.1) is 6.92 Å². The number of rotatable bonds is 6. The molecular formula is C16H28IN5OS. The number of aliphatic imine (C=N–C) groups is 1. The van der Waals surface area contributed by atoms with E-state index in [4.69, 9.17) is 0 Å². The van der Waals surface area contributed by atoms with Gasteiger partial charge in [0, 0.05) is 23.7 Å². The zero-order valence-electron chi connectivity index (χ0n) is 14.4. The number of halogens is 1. The number of amides is 1. The molecule has 0 aliphatic heterocycles. The molecule has 136 valence electrons. The molecule has 6 nitrogen and oxygen atoms in total. The lowest BCUT2D eigenvalue weighted by atomic mass is 9.95. The first-order chi connectivity index (χ1) is 11.2. The Balaban J connectivity index is 0.00000288. The zero-order chi connectivity index (χ0) is 16.5. The summed E-state index contributed by atoms with van der Waals surface area (Å²) < 4.78 is 0. The molecule has 0 aromatic carbocycles. The Morgan fingerprint density at radius 2 is 2.08 bits per heavy atom. The van der Waals surface area contributed by atoms with Crippen molar-refractivity contribution in [1.29, 1.82) is 0 Å². The van der Waals surface area contributed by atoms with Gasteiger partial charge in [0.2, 0.25) is 5.91 Å². The summed E-state index contributed by atoms with van der Waals surface area (Å²) >= 11 is 1.66. The standard InChI is InChI=1S/C16H27N5OS.HI/c1-3-17-16(20-11-15-18-9-12(2)23-15)19-10-14(22)21-13-7-5-4-6-8-13;/h9,13H,3-8,10-11H2,1-2H3,(H,21,22)(H2,17,19,20);1H. The van der Waals surface area contributed by atoms with Crippen LogP contribution in [0.5, 0.6) is 0 Å². The number of hydrogen-bond donors (Lipinski definition) is 3. The highest BCUT2D eigenvalue weighted by atomic mass is 127. The molecule has 1 amide bonds. The Hall–Kier alpha value is -0.900. The number of thiazole rings is 1. The maximum Gasteiger partial charge on any atom is 0.242 e. The molecular weight excluding hydrogens is 437 g/mol. The van der Waals surface area contributed by atoms with Crippen molar-refractivity contribution in [3.05, 3.63) is 16.1 Å². The molecule has 1 heterocycles. The normalized spacial score (nSPS) is 15.5. The summed E-state index contributed by atoms with van der Waals surface area (Å²) in [5.74, 6) is 0.651. The lowest BCUT2D eigenvalue weighted by molar-refractivity contribution is -0.120. The highest BCUT2D eigenvalue weighted by Crippen LogP contribution is 2.17. The fraction of sp³-hybridized carbons (Fsp3) is 0.688. The Labute approximate surface area is 165 Å². The summed E-state index contributed by atoms with van der Waals surface area (Å²) in [5.41, 5.74) is 0. The van der Waals surface area contributed by atoms with E-state index in [9.17, 15) is 4.79 Å². The first-order valence-electron chi connectivity index (χ1n) is 8.40. The third kappa shape index (κ3) is 7.78. The summed E-state index contributed by atoms with van der Waals surface area (Å²) in [6, 6.07) is 0.334. The molecule has 24 heavy (non-hydrogen) atoms. The van der Waals surface area contributed by atoms with Gasteiger partial charge in [-0.05, 0) is 26.7 Å². The van der Waals surface area contributed by atoms with Crippen LogP contribution in [0.4, 0.5) is 0 Å². The average molecular weight is 465 g/mol. The molecule has 2 rings (SSSR count). The third-order valence-corrected chi connectivity index (χ3v) is 4.68. The molecule has 1 aliphatic carbocycles. The zero-order valence-corrected chi connectivity index (χ0v) is 17.6. The van der Waals surface area contributed by atoms with Crippen LogP contribution in [0.25, 0.3) is 0 Å². The summed E-state index contributed by atoms with van der Waals surface area (Å²) in [4.78, 5) is 21.9. The molecule has 1 aliphatic rings. The number of nitrogens with zero attached hydrogens (tertiary/aromatic N) is 2. The van der Waals surface area contributed by atoms with Gasteiger partial charge in [-0.1, -0.05) is 19.3 Å². The van der Waals surface area contributed by atoms with Crippen molar-refractivity contribution in [2.75, 3.05) is 13.1 Å². The van der Waals surface area contributed by atoms with Crippen molar-refractivity contribution in [2.24, 2.45) is 4.99 Å². The maximum atomic E-state index is 12.0. The fourth-order valence-corrected chi connectivity index (χ4v) is 3.38. The predicted octanol–water partition coefficient (Wildman–Crippen LogP) is 2.57. The second-order valence-electron chi connectivity index (χ2n) is 5.82. The second kappa shape index (κ2) is 11.6. The average Bonchev–Trinajstić information content (AvgIpc) is 2.96. The minimum absolute atomic E-state index is 0. The van der Waals surface area contributed by atoms with Crippen molar-refractivity contribution in [1.82, 2.24) is 20.9 Å². The van der Waals surface area contributed by atoms with E-state index < -0.39 is 0 Å². The van der Waals surface area contributed by atoms with Crippen LogP contribution < -0.4 is 16.0 Å².